The van der Waals surface area contributed by atoms with Crippen molar-refractivity contribution >= 4 is 12.4 Å². The van der Waals surface area contributed by atoms with Crippen LogP contribution in [-0.2, 0) is 14.3 Å². The summed E-state index contributed by atoms with van der Waals surface area (Å²) in [6.45, 7) is 0.284. The van der Waals surface area contributed by atoms with Crippen LogP contribution < -0.4 is 0 Å². The molecule has 56 valence electrons. The molecule has 1 fully saturated rings. The average molecular weight is 144 g/mol. The van der Waals surface area contributed by atoms with E-state index in [0.29, 0.717) is 12.8 Å². The predicted molar refractivity (Wildman–Crippen MR) is 31.5 cm³/mol. The van der Waals surface area contributed by atoms with E-state index in [1.165, 1.54) is 0 Å². The lowest BCUT2D eigenvalue weighted by Gasteiger charge is -2.00. The van der Waals surface area contributed by atoms with Crippen molar-refractivity contribution in [3.05, 3.63) is 0 Å². The fourth-order valence-electron chi connectivity index (χ4n) is 0.761. The molecule has 0 aliphatic carbocycles. The van der Waals surface area contributed by atoms with Crippen molar-refractivity contribution in [1.82, 2.24) is 0 Å². The minimum atomic E-state index is -0.629. The Hall–Kier alpha value is -1.06. The third-order valence-corrected chi connectivity index (χ3v) is 1.26. The Bertz CT molecular complexity index is 143. The van der Waals surface area contributed by atoms with Gasteiger partial charge in [-0.2, -0.15) is 0 Å². The van der Waals surface area contributed by atoms with E-state index < -0.39 is 6.16 Å². The summed E-state index contributed by atoms with van der Waals surface area (Å²) in [4.78, 5) is 20.1. The van der Waals surface area contributed by atoms with E-state index in [0.717, 1.165) is 6.29 Å². The number of hydrogen-bond acceptors (Lipinski definition) is 4. The van der Waals surface area contributed by atoms with Gasteiger partial charge in [0.05, 0.1) is 0 Å². The third-order valence-electron chi connectivity index (χ3n) is 1.26. The number of ether oxygens (including phenoxy) is 2. The van der Waals surface area contributed by atoms with Crippen molar-refractivity contribution in [1.29, 1.82) is 0 Å². The summed E-state index contributed by atoms with van der Waals surface area (Å²) in [6, 6.07) is 0. The van der Waals surface area contributed by atoms with Gasteiger partial charge in [0.2, 0.25) is 0 Å². The fraction of sp³-hybridized carbons (Fsp3) is 0.667. The molecule has 1 rings (SSSR count). The van der Waals surface area contributed by atoms with Gasteiger partial charge in [-0.3, -0.25) is 0 Å². The first-order valence-electron chi connectivity index (χ1n) is 3.10. The standard InChI is InChI=1S/C6H8O4/c7-3-1-2-5-4-9-6(8)10-5/h3,5H,1-2,4H2/t5-/m0/s1. The van der Waals surface area contributed by atoms with Crippen molar-refractivity contribution in [2.24, 2.45) is 0 Å². The van der Waals surface area contributed by atoms with E-state index in [-0.39, 0.29) is 12.7 Å². The molecule has 0 aromatic carbocycles. The highest BCUT2D eigenvalue weighted by Gasteiger charge is 2.23. The van der Waals surface area contributed by atoms with E-state index >= 15 is 0 Å². The molecule has 1 aliphatic heterocycles. The van der Waals surface area contributed by atoms with Crippen molar-refractivity contribution in [3.63, 3.8) is 0 Å². The molecule has 1 aliphatic rings. The zero-order valence-corrected chi connectivity index (χ0v) is 5.41. The van der Waals surface area contributed by atoms with Crippen molar-refractivity contribution in [2.75, 3.05) is 6.61 Å². The molecule has 0 aromatic heterocycles. The van der Waals surface area contributed by atoms with Crippen molar-refractivity contribution in [2.45, 2.75) is 18.9 Å². The Morgan fingerprint density at radius 2 is 2.50 bits per heavy atom. The van der Waals surface area contributed by atoms with Gasteiger partial charge in [0.25, 0.3) is 0 Å². The van der Waals surface area contributed by atoms with Crippen LogP contribution in [0.25, 0.3) is 0 Å². The Labute approximate surface area is 58.1 Å². The molecular formula is C6H8O4. The van der Waals surface area contributed by atoms with Crippen molar-refractivity contribution < 1.29 is 19.1 Å². The molecule has 0 radical (unpaired) electrons. The average Bonchev–Trinajstić information content (AvgIpc) is 2.31. The van der Waals surface area contributed by atoms with Gasteiger partial charge in [0.1, 0.15) is 19.0 Å². The molecule has 0 saturated carbocycles. The van der Waals surface area contributed by atoms with E-state index in [2.05, 4.69) is 9.47 Å². The first-order chi connectivity index (χ1) is 4.83. The first kappa shape index (κ1) is 7.05. The molecule has 0 aromatic rings. The van der Waals surface area contributed by atoms with E-state index in [1.54, 1.807) is 0 Å². The molecule has 4 heteroatoms. The largest absolute Gasteiger partial charge is 0.508 e. The van der Waals surface area contributed by atoms with Gasteiger partial charge in [0, 0.05) is 6.42 Å². The van der Waals surface area contributed by atoms with Gasteiger partial charge < -0.3 is 14.3 Å². The Balaban J connectivity index is 2.18. The van der Waals surface area contributed by atoms with Crippen LogP contribution in [0.3, 0.4) is 0 Å². The summed E-state index contributed by atoms with van der Waals surface area (Å²) in [5.41, 5.74) is 0. The lowest BCUT2D eigenvalue weighted by Crippen LogP contribution is -2.09. The maximum absolute atomic E-state index is 10.3. The SMILES string of the molecule is O=CCC[C@H]1COC(=O)O1. The second kappa shape index (κ2) is 3.20. The van der Waals surface area contributed by atoms with Crippen LogP contribution in [0, 0.1) is 0 Å². The van der Waals surface area contributed by atoms with Gasteiger partial charge in [-0.15, -0.1) is 0 Å². The van der Waals surface area contributed by atoms with Crippen molar-refractivity contribution in [3.8, 4) is 0 Å². The number of carbonyl (C=O) groups is 2. The van der Waals surface area contributed by atoms with Gasteiger partial charge in [0.15, 0.2) is 0 Å². The van der Waals surface area contributed by atoms with E-state index in [4.69, 9.17) is 0 Å². The summed E-state index contributed by atoms with van der Waals surface area (Å²) in [6.07, 6.45) is 0.941. The maximum Gasteiger partial charge on any atom is 0.508 e. The lowest BCUT2D eigenvalue weighted by molar-refractivity contribution is -0.108. The summed E-state index contributed by atoms with van der Waals surface area (Å²) >= 11 is 0. The lowest BCUT2D eigenvalue weighted by atomic mass is 10.2. The van der Waals surface area contributed by atoms with Crippen LogP contribution >= 0.6 is 0 Å². The number of carbonyl (C=O) groups excluding carboxylic acids is 2. The van der Waals surface area contributed by atoms with Crippen LogP contribution in [0.1, 0.15) is 12.8 Å². The number of cyclic esters (lactones) is 2. The van der Waals surface area contributed by atoms with E-state index in [9.17, 15) is 9.59 Å². The topological polar surface area (TPSA) is 52.6 Å². The van der Waals surface area contributed by atoms with Crippen LogP contribution in [0.2, 0.25) is 0 Å². The summed E-state index contributed by atoms with van der Waals surface area (Å²) in [5, 5.41) is 0. The molecule has 0 N–H and O–H groups in total. The molecule has 1 saturated heterocycles. The Morgan fingerprint density at radius 3 is 3.00 bits per heavy atom. The quantitative estimate of drug-likeness (QED) is 0.427. The molecule has 1 atom stereocenters. The number of hydrogen-bond donors (Lipinski definition) is 0. The molecule has 0 amide bonds. The smallest absolute Gasteiger partial charge is 0.430 e. The minimum Gasteiger partial charge on any atom is -0.430 e. The second-order valence-corrected chi connectivity index (χ2v) is 2.04. The highest BCUT2D eigenvalue weighted by Crippen LogP contribution is 2.10. The Kier molecular flexibility index (Phi) is 2.25. The predicted octanol–water partition coefficient (Wildman–Crippen LogP) is 0.501. The monoisotopic (exact) mass is 144 g/mol. The van der Waals surface area contributed by atoms with Crippen LogP contribution in [0.4, 0.5) is 4.79 Å². The molecule has 0 bridgehead atoms. The summed E-state index contributed by atoms with van der Waals surface area (Å²) in [5.74, 6) is 0. The van der Waals surface area contributed by atoms with E-state index in [1.807, 2.05) is 0 Å². The zero-order valence-electron chi connectivity index (χ0n) is 5.41. The highest BCUT2D eigenvalue weighted by atomic mass is 16.8. The van der Waals surface area contributed by atoms with Gasteiger partial charge in [-0.1, -0.05) is 0 Å². The van der Waals surface area contributed by atoms with Gasteiger partial charge in [-0.25, -0.2) is 4.79 Å². The maximum atomic E-state index is 10.3. The molecule has 0 unspecified atom stereocenters. The van der Waals surface area contributed by atoms with Gasteiger partial charge in [-0.05, 0) is 6.42 Å². The van der Waals surface area contributed by atoms with Crippen LogP contribution in [0.5, 0.6) is 0 Å². The first-order valence-corrected chi connectivity index (χ1v) is 3.10. The normalized spacial score (nSPS) is 23.6. The Morgan fingerprint density at radius 1 is 1.70 bits per heavy atom. The number of aldehydes is 1. The highest BCUT2D eigenvalue weighted by molar-refractivity contribution is 5.62. The number of rotatable bonds is 3. The molecular weight excluding hydrogens is 136 g/mol. The molecule has 4 nitrogen and oxygen atoms in total. The fourth-order valence-corrected chi connectivity index (χ4v) is 0.761. The summed E-state index contributed by atoms with van der Waals surface area (Å²) in [7, 11) is 0. The second-order valence-electron chi connectivity index (χ2n) is 2.04. The summed E-state index contributed by atoms with van der Waals surface area (Å²) < 4.78 is 9.13. The van der Waals surface area contributed by atoms with Crippen LogP contribution in [0.15, 0.2) is 0 Å². The van der Waals surface area contributed by atoms with Crippen LogP contribution in [-0.4, -0.2) is 25.2 Å². The molecule has 10 heavy (non-hydrogen) atoms. The molecule has 0 spiro atoms. The minimum absolute atomic E-state index is 0.210. The van der Waals surface area contributed by atoms with Gasteiger partial charge >= 0.3 is 6.16 Å². The zero-order chi connectivity index (χ0) is 7.40. The molecule has 1 heterocycles. The third kappa shape index (κ3) is 1.72.